The molecule has 4 heteroatoms. The molecule has 0 fully saturated rings. The van der Waals surface area contributed by atoms with Crippen LogP contribution in [0.1, 0.15) is 89.1 Å². The highest BCUT2D eigenvalue weighted by atomic mass is 16.4. The Morgan fingerprint density at radius 2 is 1.26 bits per heavy atom. The van der Waals surface area contributed by atoms with Gasteiger partial charge in [-0.25, -0.2) is 4.79 Å². The number of carboxylic acids is 1. The molecule has 0 amide bonds. The lowest BCUT2D eigenvalue weighted by atomic mass is 10.0. The molecule has 0 unspecified atom stereocenters. The molecule has 0 aliphatic carbocycles. The van der Waals surface area contributed by atoms with E-state index < -0.39 is 11.7 Å². The van der Waals surface area contributed by atoms with Crippen LogP contribution in [0.25, 0.3) is 0 Å². The molecule has 0 aromatic heterocycles. The molecule has 0 saturated carbocycles. The van der Waals surface area contributed by atoms with Crippen molar-refractivity contribution in [1.82, 2.24) is 0 Å². The summed E-state index contributed by atoms with van der Waals surface area (Å²) in [5.41, 5.74) is 5.76. The number of benzene rings is 1. The summed E-state index contributed by atoms with van der Waals surface area (Å²) in [5, 5.41) is 28.8. The van der Waals surface area contributed by atoms with Crippen LogP contribution in [0.5, 0.6) is 11.5 Å². The summed E-state index contributed by atoms with van der Waals surface area (Å²) in [7, 11) is 0. The molecule has 0 bridgehead atoms. The Morgan fingerprint density at radius 3 is 1.74 bits per heavy atom. The lowest BCUT2D eigenvalue weighted by molar-refractivity contribution is 0.0696. The number of hydrogen-bond acceptors (Lipinski definition) is 3. The van der Waals surface area contributed by atoms with E-state index in [0.717, 1.165) is 44.6 Å². The zero-order valence-corrected chi connectivity index (χ0v) is 19.7. The summed E-state index contributed by atoms with van der Waals surface area (Å²) >= 11 is 0. The molecule has 0 atom stereocenters. The smallest absolute Gasteiger partial charge is 0.335 e. The maximum Gasteiger partial charge on any atom is 0.335 e. The number of carbonyl (C=O) groups is 1. The maximum atomic E-state index is 11.1. The van der Waals surface area contributed by atoms with Crippen LogP contribution in [0.15, 0.2) is 58.7 Å². The number of aromatic carboxylic acids is 1. The van der Waals surface area contributed by atoms with Crippen molar-refractivity contribution in [3.8, 4) is 11.5 Å². The quantitative estimate of drug-likeness (QED) is 0.239. The van der Waals surface area contributed by atoms with Gasteiger partial charge in [0.15, 0.2) is 11.5 Å². The van der Waals surface area contributed by atoms with E-state index in [4.69, 9.17) is 5.11 Å². The molecule has 0 saturated heterocycles. The summed E-state index contributed by atoms with van der Waals surface area (Å²) in [4.78, 5) is 11.1. The molecule has 0 spiro atoms. The predicted molar refractivity (Wildman–Crippen MR) is 129 cm³/mol. The van der Waals surface area contributed by atoms with Crippen LogP contribution in [0.2, 0.25) is 0 Å². The second-order valence-electron chi connectivity index (χ2n) is 8.56. The summed E-state index contributed by atoms with van der Waals surface area (Å²) in [5.74, 6) is -1.79. The van der Waals surface area contributed by atoms with Gasteiger partial charge in [-0.3, -0.25) is 0 Å². The molecule has 1 aromatic carbocycles. The first kappa shape index (κ1) is 26.3. The highest BCUT2D eigenvalue weighted by Gasteiger charge is 2.12. The van der Waals surface area contributed by atoms with E-state index in [-0.39, 0.29) is 11.3 Å². The molecular weight excluding hydrogens is 388 g/mol. The van der Waals surface area contributed by atoms with Gasteiger partial charge in [0, 0.05) is 5.56 Å². The van der Waals surface area contributed by atoms with Crippen LogP contribution in [-0.2, 0) is 6.42 Å². The predicted octanol–water partition coefficient (Wildman–Crippen LogP) is 7.48. The Kier molecular flexibility index (Phi) is 11.5. The lowest BCUT2D eigenvalue weighted by Gasteiger charge is -2.07. The van der Waals surface area contributed by atoms with E-state index in [1.54, 1.807) is 0 Å². The van der Waals surface area contributed by atoms with Crippen molar-refractivity contribution in [2.45, 2.75) is 79.6 Å². The van der Waals surface area contributed by atoms with Crippen LogP contribution in [0, 0.1) is 0 Å². The number of phenols is 2. The van der Waals surface area contributed by atoms with Gasteiger partial charge in [0.05, 0.1) is 5.56 Å². The molecular formula is C27H38O4. The number of rotatable bonds is 12. The van der Waals surface area contributed by atoms with Gasteiger partial charge in [0.2, 0.25) is 0 Å². The normalized spacial score (nSPS) is 12.7. The second-order valence-corrected chi connectivity index (χ2v) is 8.56. The van der Waals surface area contributed by atoms with Gasteiger partial charge < -0.3 is 15.3 Å². The Hall–Kier alpha value is -2.75. The fourth-order valence-electron chi connectivity index (χ4n) is 3.23. The first-order valence-corrected chi connectivity index (χ1v) is 11.0. The molecule has 4 nitrogen and oxygen atoms in total. The maximum absolute atomic E-state index is 11.1. The van der Waals surface area contributed by atoms with Crippen molar-refractivity contribution in [1.29, 1.82) is 0 Å². The Balaban J connectivity index is 2.49. The first-order chi connectivity index (χ1) is 14.6. The summed E-state index contributed by atoms with van der Waals surface area (Å²) in [6.45, 7) is 10.7. The summed E-state index contributed by atoms with van der Waals surface area (Å²) in [6.07, 6.45) is 15.5. The average Bonchev–Trinajstić information content (AvgIpc) is 2.68. The van der Waals surface area contributed by atoms with Gasteiger partial charge in [-0.1, -0.05) is 46.6 Å². The fourth-order valence-corrected chi connectivity index (χ4v) is 3.23. The van der Waals surface area contributed by atoms with Crippen LogP contribution in [0.3, 0.4) is 0 Å². The Labute approximate surface area is 187 Å². The third-order valence-corrected chi connectivity index (χ3v) is 5.24. The number of hydrogen-bond donors (Lipinski definition) is 3. The minimum absolute atomic E-state index is 0.0314. The summed E-state index contributed by atoms with van der Waals surface area (Å²) < 4.78 is 0. The number of allylic oxidation sites excluding steroid dienone is 8. The van der Waals surface area contributed by atoms with Crippen molar-refractivity contribution in [2.75, 3.05) is 0 Å². The van der Waals surface area contributed by atoms with E-state index >= 15 is 0 Å². The highest BCUT2D eigenvalue weighted by molar-refractivity contribution is 5.89. The molecule has 3 N–H and O–H groups in total. The molecule has 0 radical (unpaired) electrons. The standard InChI is InChI=1S/C27H38O4/c1-19(2)9-6-10-20(3)11-7-12-21(4)13-8-14-22(5)15-16-23-17-24(27(30)31)18-25(28)26(23)29/h9,11,13,15,17-18,28-29H,6-8,10,12,14,16H2,1-5H3,(H,30,31)/b20-11+,21-13+,22-15+. The third-order valence-electron chi connectivity index (χ3n) is 5.24. The first-order valence-electron chi connectivity index (χ1n) is 11.0. The van der Waals surface area contributed by atoms with E-state index in [2.05, 4.69) is 45.9 Å². The third kappa shape index (κ3) is 10.7. The minimum Gasteiger partial charge on any atom is -0.504 e. The van der Waals surface area contributed by atoms with E-state index in [9.17, 15) is 15.0 Å². The van der Waals surface area contributed by atoms with Gasteiger partial charge in [-0.15, -0.1) is 0 Å². The van der Waals surface area contributed by atoms with Gasteiger partial charge in [-0.2, -0.15) is 0 Å². The topological polar surface area (TPSA) is 77.8 Å². The number of carboxylic acid groups (broad SMARTS) is 1. The number of aromatic hydroxyl groups is 2. The van der Waals surface area contributed by atoms with Crippen LogP contribution in [0.4, 0.5) is 0 Å². The zero-order valence-electron chi connectivity index (χ0n) is 19.7. The molecule has 1 aromatic rings. The number of phenolic OH excluding ortho intramolecular Hbond substituents is 2. The van der Waals surface area contributed by atoms with Gasteiger partial charge >= 0.3 is 5.97 Å². The minimum atomic E-state index is -1.13. The molecule has 0 heterocycles. The van der Waals surface area contributed by atoms with Crippen molar-refractivity contribution < 1.29 is 20.1 Å². The fraction of sp³-hybridized carbons (Fsp3) is 0.444. The second kappa shape index (κ2) is 13.5. The molecule has 1 rings (SSSR count). The molecule has 0 aliphatic rings. The zero-order chi connectivity index (χ0) is 23.4. The molecule has 170 valence electrons. The van der Waals surface area contributed by atoms with Crippen LogP contribution in [-0.4, -0.2) is 21.3 Å². The van der Waals surface area contributed by atoms with Gasteiger partial charge in [-0.05, 0) is 91.7 Å². The van der Waals surface area contributed by atoms with Crippen molar-refractivity contribution in [3.63, 3.8) is 0 Å². The van der Waals surface area contributed by atoms with Crippen LogP contribution >= 0.6 is 0 Å². The Morgan fingerprint density at radius 1 is 0.774 bits per heavy atom. The van der Waals surface area contributed by atoms with Crippen molar-refractivity contribution >= 4 is 5.97 Å². The van der Waals surface area contributed by atoms with Crippen molar-refractivity contribution in [3.05, 3.63) is 69.9 Å². The lowest BCUT2D eigenvalue weighted by Crippen LogP contribution is -1.98. The summed E-state index contributed by atoms with van der Waals surface area (Å²) in [6, 6.07) is 2.46. The van der Waals surface area contributed by atoms with Gasteiger partial charge in [0.1, 0.15) is 0 Å². The van der Waals surface area contributed by atoms with E-state index in [1.165, 1.54) is 28.4 Å². The molecule has 31 heavy (non-hydrogen) atoms. The molecule has 0 aliphatic heterocycles. The van der Waals surface area contributed by atoms with Crippen molar-refractivity contribution in [2.24, 2.45) is 0 Å². The monoisotopic (exact) mass is 426 g/mol. The van der Waals surface area contributed by atoms with E-state index in [0.29, 0.717) is 12.0 Å². The van der Waals surface area contributed by atoms with Crippen LogP contribution < -0.4 is 0 Å². The average molecular weight is 427 g/mol. The van der Waals surface area contributed by atoms with E-state index in [1.807, 2.05) is 13.0 Å². The largest absolute Gasteiger partial charge is 0.504 e. The van der Waals surface area contributed by atoms with Gasteiger partial charge in [0.25, 0.3) is 0 Å². The Bertz CT molecular complexity index is 865. The highest BCUT2D eigenvalue weighted by Crippen LogP contribution is 2.31. The SMILES string of the molecule is CC(C)=CCC/C(C)=C/CC/C(C)=C/CC/C(C)=C/Cc1cc(C(=O)O)cc(O)c1O.